The molecule has 0 spiro atoms. The number of nitrogens with one attached hydrogen (secondary N) is 1. The Balaban J connectivity index is 3.06. The summed E-state index contributed by atoms with van der Waals surface area (Å²) in [5, 5.41) is 0. The van der Waals surface area contributed by atoms with Crippen LogP contribution in [0.3, 0.4) is 0 Å². The first-order valence-corrected chi connectivity index (χ1v) is 7.07. The SMILES string of the molecule is CCCC(CN)NS(=O)(=O)c1c(F)cccc1F. The molecule has 1 aromatic rings. The van der Waals surface area contributed by atoms with Crippen LogP contribution in [-0.2, 0) is 10.0 Å². The highest BCUT2D eigenvalue weighted by Crippen LogP contribution is 2.18. The number of rotatable bonds is 6. The summed E-state index contributed by atoms with van der Waals surface area (Å²) < 4.78 is 52.7. The molecule has 0 aliphatic carbocycles. The molecule has 18 heavy (non-hydrogen) atoms. The molecule has 0 aliphatic heterocycles. The minimum Gasteiger partial charge on any atom is -0.329 e. The van der Waals surface area contributed by atoms with Crippen LogP contribution >= 0.6 is 0 Å². The monoisotopic (exact) mass is 278 g/mol. The van der Waals surface area contributed by atoms with E-state index in [0.717, 1.165) is 18.2 Å². The lowest BCUT2D eigenvalue weighted by Gasteiger charge is -2.16. The molecule has 1 atom stereocenters. The van der Waals surface area contributed by atoms with Gasteiger partial charge < -0.3 is 5.73 Å². The van der Waals surface area contributed by atoms with Crippen molar-refractivity contribution in [3.05, 3.63) is 29.8 Å². The van der Waals surface area contributed by atoms with Crippen molar-refractivity contribution in [3.63, 3.8) is 0 Å². The Labute approximate surface area is 105 Å². The van der Waals surface area contributed by atoms with Crippen molar-refractivity contribution in [1.82, 2.24) is 4.72 Å². The summed E-state index contributed by atoms with van der Waals surface area (Å²) in [6.07, 6.45) is 1.22. The molecule has 0 fully saturated rings. The highest BCUT2D eigenvalue weighted by molar-refractivity contribution is 7.89. The first-order chi connectivity index (χ1) is 8.42. The third kappa shape index (κ3) is 3.47. The molecule has 1 rings (SSSR count). The number of hydrogen-bond donors (Lipinski definition) is 2. The molecule has 1 aromatic carbocycles. The first kappa shape index (κ1) is 15.0. The maximum Gasteiger partial charge on any atom is 0.246 e. The molecule has 7 heteroatoms. The normalized spacial score (nSPS) is 13.6. The highest BCUT2D eigenvalue weighted by Gasteiger charge is 2.25. The molecule has 0 amide bonds. The zero-order valence-electron chi connectivity index (χ0n) is 9.99. The van der Waals surface area contributed by atoms with E-state index in [1.807, 2.05) is 6.92 Å². The Morgan fingerprint density at radius 3 is 2.33 bits per heavy atom. The molecule has 0 radical (unpaired) electrons. The van der Waals surface area contributed by atoms with Gasteiger partial charge in [0.1, 0.15) is 11.6 Å². The molecule has 4 nitrogen and oxygen atoms in total. The zero-order chi connectivity index (χ0) is 13.8. The number of nitrogens with two attached hydrogens (primary N) is 1. The molecule has 0 saturated heterocycles. The molecule has 0 heterocycles. The predicted octanol–water partition coefficient (Wildman–Crippen LogP) is 1.37. The van der Waals surface area contributed by atoms with E-state index in [1.165, 1.54) is 0 Å². The van der Waals surface area contributed by atoms with Crippen LogP contribution in [0.2, 0.25) is 0 Å². The molecular formula is C11H16F2N2O2S. The van der Waals surface area contributed by atoms with Gasteiger partial charge in [-0.25, -0.2) is 21.9 Å². The lowest BCUT2D eigenvalue weighted by Crippen LogP contribution is -2.40. The number of benzene rings is 1. The van der Waals surface area contributed by atoms with Gasteiger partial charge in [0.05, 0.1) is 0 Å². The van der Waals surface area contributed by atoms with Crippen molar-refractivity contribution < 1.29 is 17.2 Å². The predicted molar refractivity (Wildman–Crippen MR) is 64.4 cm³/mol. The average Bonchev–Trinajstić information content (AvgIpc) is 2.27. The van der Waals surface area contributed by atoms with E-state index in [9.17, 15) is 17.2 Å². The van der Waals surface area contributed by atoms with E-state index < -0.39 is 32.6 Å². The fourth-order valence-corrected chi connectivity index (χ4v) is 3.01. The quantitative estimate of drug-likeness (QED) is 0.825. The maximum atomic E-state index is 13.4. The van der Waals surface area contributed by atoms with E-state index in [0.29, 0.717) is 12.8 Å². The number of hydrogen-bond acceptors (Lipinski definition) is 3. The Morgan fingerprint density at radius 1 is 1.33 bits per heavy atom. The van der Waals surface area contributed by atoms with Crippen LogP contribution < -0.4 is 10.5 Å². The van der Waals surface area contributed by atoms with Gasteiger partial charge in [0.25, 0.3) is 0 Å². The highest BCUT2D eigenvalue weighted by atomic mass is 32.2. The largest absolute Gasteiger partial charge is 0.329 e. The molecule has 0 aliphatic rings. The van der Waals surface area contributed by atoms with Crippen LogP contribution in [0.4, 0.5) is 8.78 Å². The summed E-state index contributed by atoms with van der Waals surface area (Å²) in [7, 11) is -4.24. The van der Waals surface area contributed by atoms with Crippen LogP contribution in [0.15, 0.2) is 23.1 Å². The van der Waals surface area contributed by atoms with Crippen LogP contribution in [-0.4, -0.2) is 21.0 Å². The molecule has 0 bridgehead atoms. The van der Waals surface area contributed by atoms with Gasteiger partial charge in [-0.05, 0) is 18.6 Å². The summed E-state index contributed by atoms with van der Waals surface area (Å²) in [5.74, 6) is -2.23. The van der Waals surface area contributed by atoms with Gasteiger partial charge in [0, 0.05) is 12.6 Å². The van der Waals surface area contributed by atoms with E-state index >= 15 is 0 Å². The fourth-order valence-electron chi connectivity index (χ4n) is 1.59. The zero-order valence-corrected chi connectivity index (χ0v) is 10.8. The molecule has 0 aromatic heterocycles. The summed E-state index contributed by atoms with van der Waals surface area (Å²) in [6.45, 7) is 1.93. The van der Waals surface area contributed by atoms with Gasteiger partial charge in [0.15, 0.2) is 4.90 Å². The van der Waals surface area contributed by atoms with Crippen molar-refractivity contribution in [1.29, 1.82) is 0 Å². The minimum absolute atomic E-state index is 0.0726. The lowest BCUT2D eigenvalue weighted by atomic mass is 10.2. The Kier molecular flexibility index (Phi) is 5.18. The number of halogens is 2. The van der Waals surface area contributed by atoms with Gasteiger partial charge in [0.2, 0.25) is 10.0 Å². The van der Waals surface area contributed by atoms with Gasteiger partial charge in [-0.15, -0.1) is 0 Å². The minimum atomic E-state index is -4.24. The van der Waals surface area contributed by atoms with Crippen LogP contribution in [0.5, 0.6) is 0 Å². The molecule has 102 valence electrons. The van der Waals surface area contributed by atoms with E-state index in [1.54, 1.807) is 0 Å². The Bertz CT molecular complexity index is 486. The Morgan fingerprint density at radius 2 is 1.89 bits per heavy atom. The van der Waals surface area contributed by atoms with Gasteiger partial charge in [-0.1, -0.05) is 19.4 Å². The third-order valence-corrected chi connectivity index (χ3v) is 4.00. The van der Waals surface area contributed by atoms with Crippen molar-refractivity contribution in [2.24, 2.45) is 5.73 Å². The third-order valence-electron chi connectivity index (χ3n) is 2.43. The second-order valence-electron chi connectivity index (χ2n) is 3.89. The standard InChI is InChI=1S/C11H16F2N2O2S/c1-2-4-8(7-14)15-18(16,17)11-9(12)5-3-6-10(11)13/h3,5-6,8,15H,2,4,7,14H2,1H3. The summed E-state index contributed by atoms with van der Waals surface area (Å²) >= 11 is 0. The lowest BCUT2D eigenvalue weighted by molar-refractivity contribution is 0.496. The second kappa shape index (κ2) is 6.21. The smallest absolute Gasteiger partial charge is 0.246 e. The van der Waals surface area contributed by atoms with Crippen LogP contribution in [0.1, 0.15) is 19.8 Å². The van der Waals surface area contributed by atoms with E-state index in [2.05, 4.69) is 4.72 Å². The summed E-state index contributed by atoms with van der Waals surface area (Å²) in [5.41, 5.74) is 5.41. The van der Waals surface area contributed by atoms with Crippen LogP contribution in [0.25, 0.3) is 0 Å². The van der Waals surface area contributed by atoms with Gasteiger partial charge in [-0.3, -0.25) is 0 Å². The summed E-state index contributed by atoms with van der Waals surface area (Å²) in [4.78, 5) is -0.959. The molecule has 3 N–H and O–H groups in total. The maximum absolute atomic E-state index is 13.4. The van der Waals surface area contributed by atoms with Crippen molar-refractivity contribution in [2.45, 2.75) is 30.7 Å². The summed E-state index contributed by atoms with van der Waals surface area (Å²) in [6, 6.07) is 2.37. The van der Waals surface area contributed by atoms with E-state index in [4.69, 9.17) is 5.73 Å². The van der Waals surface area contributed by atoms with Gasteiger partial charge in [-0.2, -0.15) is 0 Å². The Hall–Kier alpha value is -1.05. The molecular weight excluding hydrogens is 262 g/mol. The topological polar surface area (TPSA) is 72.2 Å². The number of sulfonamides is 1. The first-order valence-electron chi connectivity index (χ1n) is 5.58. The molecule has 1 unspecified atom stereocenters. The average molecular weight is 278 g/mol. The molecule has 0 saturated carbocycles. The van der Waals surface area contributed by atoms with Crippen molar-refractivity contribution in [2.75, 3.05) is 6.54 Å². The second-order valence-corrected chi connectivity index (χ2v) is 5.54. The fraction of sp³-hybridized carbons (Fsp3) is 0.455. The van der Waals surface area contributed by atoms with Gasteiger partial charge >= 0.3 is 0 Å². The van der Waals surface area contributed by atoms with E-state index in [-0.39, 0.29) is 6.54 Å². The van der Waals surface area contributed by atoms with Crippen LogP contribution in [0, 0.1) is 11.6 Å². The van der Waals surface area contributed by atoms with Crippen molar-refractivity contribution >= 4 is 10.0 Å². The van der Waals surface area contributed by atoms with Crippen molar-refractivity contribution in [3.8, 4) is 0 Å².